The molecule has 8 nitrogen and oxygen atoms in total. The highest BCUT2D eigenvalue weighted by Gasteiger charge is 2.23. The number of hydrogen-bond acceptors (Lipinski definition) is 7. The van der Waals surface area contributed by atoms with E-state index < -0.39 is 10.7 Å². The Bertz CT molecular complexity index is 1060. The molecule has 1 aromatic carbocycles. The van der Waals surface area contributed by atoms with Gasteiger partial charge >= 0.3 is 5.69 Å². The van der Waals surface area contributed by atoms with Crippen molar-refractivity contribution in [2.45, 2.75) is 10.8 Å². The highest BCUT2D eigenvalue weighted by molar-refractivity contribution is 7.98. The van der Waals surface area contributed by atoms with Crippen molar-refractivity contribution < 1.29 is 14.5 Å². The van der Waals surface area contributed by atoms with Crippen molar-refractivity contribution >= 4 is 29.3 Å². The van der Waals surface area contributed by atoms with Crippen molar-refractivity contribution in [2.24, 2.45) is 7.05 Å². The fraction of sp³-hybridized carbons (Fsp3) is 0.150. The van der Waals surface area contributed by atoms with Gasteiger partial charge in [-0.05, 0) is 35.9 Å². The van der Waals surface area contributed by atoms with E-state index in [-0.39, 0.29) is 11.4 Å². The second kappa shape index (κ2) is 9.16. The molecule has 0 aliphatic heterocycles. The van der Waals surface area contributed by atoms with Gasteiger partial charge in [-0.2, -0.15) is 5.10 Å². The van der Waals surface area contributed by atoms with Crippen LogP contribution < -0.4 is 4.74 Å². The first kappa shape index (κ1) is 20.3. The molecule has 0 aliphatic rings. The molecule has 0 unspecified atom stereocenters. The van der Waals surface area contributed by atoms with E-state index in [1.807, 2.05) is 36.4 Å². The molecule has 148 valence electrons. The monoisotopic (exact) mass is 410 g/mol. The van der Waals surface area contributed by atoms with Crippen LogP contribution in [0.2, 0.25) is 0 Å². The average molecular weight is 410 g/mol. The fourth-order valence-corrected chi connectivity index (χ4v) is 3.47. The Morgan fingerprint density at radius 3 is 2.86 bits per heavy atom. The van der Waals surface area contributed by atoms with E-state index in [1.165, 1.54) is 24.0 Å². The predicted molar refractivity (Wildman–Crippen MR) is 110 cm³/mol. The van der Waals surface area contributed by atoms with Gasteiger partial charge in [-0.1, -0.05) is 18.2 Å². The lowest BCUT2D eigenvalue weighted by atomic mass is 10.1. The van der Waals surface area contributed by atoms with Crippen LogP contribution in [0.15, 0.2) is 59.9 Å². The summed E-state index contributed by atoms with van der Waals surface area (Å²) < 4.78 is 6.67. The van der Waals surface area contributed by atoms with Crippen molar-refractivity contribution in [1.29, 1.82) is 0 Å². The van der Waals surface area contributed by atoms with Crippen LogP contribution in [0.25, 0.3) is 6.08 Å². The van der Waals surface area contributed by atoms with Gasteiger partial charge in [0, 0.05) is 24.6 Å². The molecule has 2 heterocycles. The normalized spacial score (nSPS) is 11.0. The van der Waals surface area contributed by atoms with Gasteiger partial charge in [-0.3, -0.25) is 19.6 Å². The molecule has 0 radical (unpaired) electrons. The molecule has 0 amide bonds. The van der Waals surface area contributed by atoms with Crippen LogP contribution in [0.3, 0.4) is 0 Å². The molecule has 0 N–H and O–H groups in total. The van der Waals surface area contributed by atoms with Crippen LogP contribution in [-0.2, 0) is 12.8 Å². The van der Waals surface area contributed by atoms with E-state index in [9.17, 15) is 14.9 Å². The summed E-state index contributed by atoms with van der Waals surface area (Å²) in [5.41, 5.74) is 1.22. The molecule has 0 saturated heterocycles. The summed E-state index contributed by atoms with van der Waals surface area (Å²) in [6.07, 6.45) is 5.84. The zero-order chi connectivity index (χ0) is 20.8. The molecule has 0 aliphatic carbocycles. The number of benzene rings is 1. The first-order valence-electron chi connectivity index (χ1n) is 8.59. The molecule has 29 heavy (non-hydrogen) atoms. The Kier molecular flexibility index (Phi) is 6.40. The zero-order valence-electron chi connectivity index (χ0n) is 15.8. The third kappa shape index (κ3) is 5.08. The number of methoxy groups -OCH3 is 1. The number of nitrogens with zero attached hydrogens (tertiary/aromatic N) is 4. The first-order valence-corrected chi connectivity index (χ1v) is 9.57. The van der Waals surface area contributed by atoms with Gasteiger partial charge in [-0.25, -0.2) is 4.98 Å². The maximum atomic E-state index is 12.4. The zero-order valence-corrected chi connectivity index (χ0v) is 16.6. The molecule has 0 fully saturated rings. The van der Waals surface area contributed by atoms with Gasteiger partial charge in [0.25, 0.3) is 0 Å². The molecule has 0 saturated carbocycles. The van der Waals surface area contributed by atoms with Gasteiger partial charge in [0.05, 0.1) is 17.1 Å². The fourth-order valence-electron chi connectivity index (χ4n) is 2.64. The maximum absolute atomic E-state index is 12.4. The lowest BCUT2D eigenvalue weighted by Crippen LogP contribution is -2.01. The number of aryl methyl sites for hydroxylation is 1. The number of allylic oxidation sites excluding steroid dienone is 1. The number of aromatic nitrogens is 3. The minimum Gasteiger partial charge on any atom is -0.496 e. The summed E-state index contributed by atoms with van der Waals surface area (Å²) in [4.78, 5) is 27.1. The highest BCUT2D eigenvalue weighted by Crippen LogP contribution is 2.28. The van der Waals surface area contributed by atoms with Crippen LogP contribution in [0, 0.1) is 10.1 Å². The molecule has 0 atom stereocenters. The number of thioether (sulfide) groups is 1. The summed E-state index contributed by atoms with van der Waals surface area (Å²) in [6.45, 7) is 0. The number of carbonyl (C=O) groups is 1. The van der Waals surface area contributed by atoms with Crippen molar-refractivity contribution in [3.8, 4) is 5.75 Å². The van der Waals surface area contributed by atoms with Gasteiger partial charge in [-0.15, -0.1) is 11.8 Å². The molecule has 3 aromatic rings. The van der Waals surface area contributed by atoms with Gasteiger partial charge in [0.15, 0.2) is 0 Å². The van der Waals surface area contributed by atoms with Gasteiger partial charge < -0.3 is 4.74 Å². The quantitative estimate of drug-likeness (QED) is 0.182. The Morgan fingerprint density at radius 2 is 2.17 bits per heavy atom. The van der Waals surface area contributed by atoms with Crippen molar-refractivity contribution in [1.82, 2.24) is 14.8 Å². The topological polar surface area (TPSA) is 100 Å². The number of ether oxygens (including phenoxy) is 1. The molecular formula is C20H18N4O4S. The van der Waals surface area contributed by atoms with E-state index in [2.05, 4.69) is 10.1 Å². The van der Waals surface area contributed by atoms with E-state index in [1.54, 1.807) is 31.1 Å². The minimum atomic E-state index is -0.617. The maximum Gasteiger partial charge on any atom is 0.318 e. The van der Waals surface area contributed by atoms with Crippen LogP contribution in [-0.4, -0.2) is 32.6 Å². The first-order chi connectivity index (χ1) is 14.0. The summed E-state index contributed by atoms with van der Waals surface area (Å²) >= 11 is 1.57. The number of nitro groups is 1. The second-order valence-corrected chi connectivity index (χ2v) is 7.01. The molecule has 2 aromatic heterocycles. The van der Waals surface area contributed by atoms with Crippen LogP contribution >= 0.6 is 11.8 Å². The Hall–Kier alpha value is -3.46. The Morgan fingerprint density at radius 1 is 1.34 bits per heavy atom. The summed E-state index contributed by atoms with van der Waals surface area (Å²) in [7, 11) is 3.13. The van der Waals surface area contributed by atoms with Crippen LogP contribution in [0.4, 0.5) is 5.69 Å². The molecule has 0 spiro atoms. The lowest BCUT2D eigenvalue weighted by molar-refractivity contribution is -0.385. The SMILES string of the molecule is COc1ccc(/C=C/C(=O)c2nn(C)cc2[N+](=O)[O-])cc1CSc1ccccn1. The third-order valence-electron chi connectivity index (χ3n) is 3.98. The third-order valence-corrected chi connectivity index (χ3v) is 4.98. The van der Waals surface area contributed by atoms with E-state index in [0.29, 0.717) is 5.75 Å². The van der Waals surface area contributed by atoms with E-state index in [4.69, 9.17) is 4.74 Å². The minimum absolute atomic E-state index is 0.187. The van der Waals surface area contributed by atoms with E-state index in [0.717, 1.165) is 21.9 Å². The number of ketones is 1. The average Bonchev–Trinajstić information content (AvgIpc) is 3.13. The van der Waals surface area contributed by atoms with Crippen molar-refractivity contribution in [2.75, 3.05) is 7.11 Å². The van der Waals surface area contributed by atoms with Crippen molar-refractivity contribution in [3.63, 3.8) is 0 Å². The summed E-state index contributed by atoms with van der Waals surface area (Å²) in [5.74, 6) is 0.844. The number of pyridine rings is 1. The molecule has 0 bridgehead atoms. The van der Waals surface area contributed by atoms with Gasteiger partial charge in [0.2, 0.25) is 11.5 Å². The largest absolute Gasteiger partial charge is 0.496 e. The van der Waals surface area contributed by atoms with Gasteiger partial charge in [0.1, 0.15) is 11.9 Å². The molecule has 9 heteroatoms. The molecular weight excluding hydrogens is 392 g/mol. The Balaban J connectivity index is 1.78. The Labute approximate surface area is 171 Å². The standard InChI is InChI=1S/C20H18N4O4S/c1-23-12-16(24(26)27)20(22-23)17(25)8-6-14-7-9-18(28-2)15(11-14)13-29-19-5-3-4-10-21-19/h3-12H,13H2,1-2H3/b8-6+. The van der Waals surface area contributed by atoms with E-state index >= 15 is 0 Å². The van der Waals surface area contributed by atoms with Crippen LogP contribution in [0.5, 0.6) is 5.75 Å². The summed E-state index contributed by atoms with van der Waals surface area (Å²) in [6, 6.07) is 11.3. The lowest BCUT2D eigenvalue weighted by Gasteiger charge is -2.09. The summed E-state index contributed by atoms with van der Waals surface area (Å²) in [5, 5.41) is 15.9. The molecule has 3 rings (SSSR count). The number of carbonyl (C=O) groups excluding carboxylic acids is 1. The second-order valence-electron chi connectivity index (χ2n) is 6.02. The van der Waals surface area contributed by atoms with Crippen LogP contribution in [0.1, 0.15) is 21.6 Å². The predicted octanol–water partition coefficient (Wildman–Crippen LogP) is 3.92. The number of rotatable bonds is 8. The van der Waals surface area contributed by atoms with Crippen molar-refractivity contribution in [3.05, 3.63) is 81.8 Å². The highest BCUT2D eigenvalue weighted by atomic mass is 32.2. The number of hydrogen-bond donors (Lipinski definition) is 0. The smallest absolute Gasteiger partial charge is 0.318 e.